The van der Waals surface area contributed by atoms with Gasteiger partial charge in [0.1, 0.15) is 6.29 Å². The molecule has 0 amide bonds. The van der Waals surface area contributed by atoms with Crippen molar-refractivity contribution in [3.63, 3.8) is 0 Å². The van der Waals surface area contributed by atoms with Gasteiger partial charge in [0.05, 0.1) is 0 Å². The summed E-state index contributed by atoms with van der Waals surface area (Å²) in [6.45, 7) is 2.15. The minimum Gasteiger partial charge on any atom is -0.303 e. The number of carbonyl (C=O) groups is 1. The lowest BCUT2D eigenvalue weighted by Crippen LogP contribution is -1.88. The summed E-state index contributed by atoms with van der Waals surface area (Å²) < 4.78 is 2.63. The molecule has 21 heavy (non-hydrogen) atoms. The van der Waals surface area contributed by atoms with Gasteiger partial charge in [-0.15, -0.1) is 11.3 Å². The quantitative estimate of drug-likeness (QED) is 0.460. The predicted molar refractivity (Wildman–Crippen MR) is 91.3 cm³/mol. The van der Waals surface area contributed by atoms with Gasteiger partial charge in [-0.2, -0.15) is 0 Å². The van der Waals surface area contributed by atoms with Crippen LogP contribution in [0.3, 0.4) is 0 Å². The Bertz CT molecular complexity index is 995. The summed E-state index contributed by atoms with van der Waals surface area (Å²) >= 11 is 1.84. The van der Waals surface area contributed by atoms with Gasteiger partial charge in [-0.25, -0.2) is 0 Å². The summed E-state index contributed by atoms with van der Waals surface area (Å²) in [5, 5.41) is 5.02. The molecule has 1 heterocycles. The molecule has 0 atom stereocenters. The topological polar surface area (TPSA) is 17.1 Å². The molecule has 0 unspecified atom stereocenters. The molecule has 0 saturated heterocycles. The first-order valence-corrected chi connectivity index (χ1v) is 7.87. The van der Waals surface area contributed by atoms with Crippen molar-refractivity contribution >= 4 is 48.6 Å². The van der Waals surface area contributed by atoms with E-state index in [0.29, 0.717) is 6.42 Å². The first kappa shape index (κ1) is 12.5. The zero-order valence-electron chi connectivity index (χ0n) is 11.7. The van der Waals surface area contributed by atoms with Crippen LogP contribution in [0.15, 0.2) is 48.5 Å². The standard InChI is InChI=1S/C19H14OS/c1-12-5-4-8-16-17-14(9-10-20)11-13-6-2-3-7-15(13)19(17)21-18(12)16/h2-8,10-11H,9H2,1H3. The number of fused-ring (bicyclic) bond motifs is 5. The molecule has 0 aliphatic heterocycles. The summed E-state index contributed by atoms with van der Waals surface area (Å²) in [7, 11) is 0. The highest BCUT2D eigenvalue weighted by molar-refractivity contribution is 7.27. The zero-order chi connectivity index (χ0) is 14.4. The third-order valence-electron chi connectivity index (χ3n) is 4.07. The molecule has 2 heteroatoms. The number of carbonyl (C=O) groups excluding carboxylic acids is 1. The maximum atomic E-state index is 11.1. The van der Waals surface area contributed by atoms with Crippen molar-refractivity contribution in [2.24, 2.45) is 0 Å². The van der Waals surface area contributed by atoms with E-state index in [1.807, 2.05) is 11.3 Å². The normalized spacial score (nSPS) is 11.5. The number of aldehydes is 1. The van der Waals surface area contributed by atoms with Crippen LogP contribution in [0.5, 0.6) is 0 Å². The first-order chi connectivity index (χ1) is 10.3. The molecule has 0 N–H and O–H groups in total. The van der Waals surface area contributed by atoms with E-state index in [0.717, 1.165) is 11.8 Å². The number of hydrogen-bond acceptors (Lipinski definition) is 2. The Morgan fingerprint density at radius 2 is 1.81 bits per heavy atom. The Balaban J connectivity index is 2.30. The van der Waals surface area contributed by atoms with Gasteiger partial charge in [0.2, 0.25) is 0 Å². The molecule has 3 aromatic carbocycles. The van der Waals surface area contributed by atoms with E-state index >= 15 is 0 Å². The van der Waals surface area contributed by atoms with Gasteiger partial charge in [-0.3, -0.25) is 0 Å². The maximum absolute atomic E-state index is 11.1. The lowest BCUT2D eigenvalue weighted by atomic mass is 9.98. The second-order valence-electron chi connectivity index (χ2n) is 5.39. The lowest BCUT2D eigenvalue weighted by Gasteiger charge is -2.05. The first-order valence-electron chi connectivity index (χ1n) is 7.05. The Labute approximate surface area is 126 Å². The van der Waals surface area contributed by atoms with Crippen molar-refractivity contribution in [1.29, 1.82) is 0 Å². The van der Waals surface area contributed by atoms with Crippen molar-refractivity contribution in [3.8, 4) is 0 Å². The van der Waals surface area contributed by atoms with Crippen LogP contribution in [-0.2, 0) is 11.2 Å². The minimum atomic E-state index is 0.473. The second-order valence-corrected chi connectivity index (χ2v) is 6.41. The molecule has 0 aliphatic rings. The third kappa shape index (κ3) is 1.79. The molecule has 4 aromatic rings. The van der Waals surface area contributed by atoms with Gasteiger partial charge >= 0.3 is 0 Å². The molecule has 102 valence electrons. The Morgan fingerprint density at radius 1 is 1.00 bits per heavy atom. The molecular formula is C19H14OS. The number of thiophene rings is 1. The smallest absolute Gasteiger partial charge is 0.124 e. The minimum absolute atomic E-state index is 0.473. The summed E-state index contributed by atoms with van der Waals surface area (Å²) in [6, 6.07) is 17.0. The van der Waals surface area contributed by atoms with Gasteiger partial charge < -0.3 is 4.79 Å². The third-order valence-corrected chi connectivity index (χ3v) is 5.45. The maximum Gasteiger partial charge on any atom is 0.124 e. The van der Waals surface area contributed by atoms with Crippen LogP contribution in [0.4, 0.5) is 0 Å². The highest BCUT2D eigenvalue weighted by Crippen LogP contribution is 2.41. The zero-order valence-corrected chi connectivity index (χ0v) is 12.5. The molecule has 0 fully saturated rings. The predicted octanol–water partition coefficient (Wildman–Crippen LogP) is 5.26. The largest absolute Gasteiger partial charge is 0.303 e. The van der Waals surface area contributed by atoms with Crippen LogP contribution in [-0.4, -0.2) is 6.29 Å². The molecule has 1 aromatic heterocycles. The molecule has 4 rings (SSSR count). The highest BCUT2D eigenvalue weighted by Gasteiger charge is 2.13. The summed E-state index contributed by atoms with van der Waals surface area (Å²) in [5.41, 5.74) is 2.44. The summed E-state index contributed by atoms with van der Waals surface area (Å²) in [6.07, 6.45) is 1.48. The van der Waals surface area contributed by atoms with E-state index in [1.165, 1.54) is 36.5 Å². The molecule has 0 bridgehead atoms. The Hall–Kier alpha value is -2.19. The van der Waals surface area contributed by atoms with Gasteiger partial charge in [0.25, 0.3) is 0 Å². The van der Waals surface area contributed by atoms with Crippen LogP contribution in [0.1, 0.15) is 11.1 Å². The fourth-order valence-corrected chi connectivity index (χ4v) is 4.46. The molecule has 0 aliphatic carbocycles. The fourth-order valence-electron chi connectivity index (χ4n) is 3.11. The van der Waals surface area contributed by atoms with Crippen molar-refractivity contribution in [3.05, 3.63) is 59.7 Å². The average Bonchev–Trinajstić information content (AvgIpc) is 2.89. The van der Waals surface area contributed by atoms with Crippen LogP contribution in [0, 0.1) is 6.92 Å². The van der Waals surface area contributed by atoms with Crippen molar-refractivity contribution in [2.75, 3.05) is 0 Å². The number of aryl methyl sites for hydroxylation is 1. The molecule has 0 saturated carbocycles. The highest BCUT2D eigenvalue weighted by atomic mass is 32.1. The van der Waals surface area contributed by atoms with E-state index in [-0.39, 0.29) is 0 Å². The summed E-state index contributed by atoms with van der Waals surface area (Å²) in [4.78, 5) is 11.1. The van der Waals surface area contributed by atoms with E-state index in [9.17, 15) is 4.79 Å². The SMILES string of the molecule is Cc1cccc2c1sc1c3ccccc3cc(CC=O)c21. The molecule has 0 radical (unpaired) electrons. The van der Waals surface area contributed by atoms with Crippen LogP contribution < -0.4 is 0 Å². The Kier molecular flexibility index (Phi) is 2.79. The lowest BCUT2D eigenvalue weighted by molar-refractivity contribution is -0.107. The van der Waals surface area contributed by atoms with E-state index in [1.54, 1.807) is 0 Å². The van der Waals surface area contributed by atoms with Crippen molar-refractivity contribution in [2.45, 2.75) is 13.3 Å². The Morgan fingerprint density at radius 3 is 2.67 bits per heavy atom. The second kappa shape index (κ2) is 4.68. The molecular weight excluding hydrogens is 276 g/mol. The van der Waals surface area contributed by atoms with Crippen LogP contribution in [0.2, 0.25) is 0 Å². The number of rotatable bonds is 2. The fraction of sp³-hybridized carbons (Fsp3) is 0.105. The number of benzene rings is 3. The molecule has 1 nitrogen and oxygen atoms in total. The van der Waals surface area contributed by atoms with Gasteiger partial charge in [0, 0.05) is 26.6 Å². The van der Waals surface area contributed by atoms with E-state index in [4.69, 9.17) is 0 Å². The van der Waals surface area contributed by atoms with Crippen LogP contribution >= 0.6 is 11.3 Å². The van der Waals surface area contributed by atoms with E-state index in [2.05, 4.69) is 55.5 Å². The monoisotopic (exact) mass is 290 g/mol. The van der Waals surface area contributed by atoms with Crippen molar-refractivity contribution in [1.82, 2.24) is 0 Å². The van der Waals surface area contributed by atoms with Gasteiger partial charge in [-0.05, 0) is 28.8 Å². The van der Waals surface area contributed by atoms with Crippen molar-refractivity contribution < 1.29 is 4.79 Å². The average molecular weight is 290 g/mol. The van der Waals surface area contributed by atoms with Gasteiger partial charge in [0.15, 0.2) is 0 Å². The summed E-state index contributed by atoms with van der Waals surface area (Å²) in [5.74, 6) is 0. The van der Waals surface area contributed by atoms with E-state index < -0.39 is 0 Å². The molecule has 0 spiro atoms. The van der Waals surface area contributed by atoms with Gasteiger partial charge in [-0.1, -0.05) is 48.5 Å². The van der Waals surface area contributed by atoms with Crippen LogP contribution in [0.25, 0.3) is 30.9 Å². The number of hydrogen-bond donors (Lipinski definition) is 0.